The molecule has 11 heavy (non-hydrogen) atoms. The second-order valence-electron chi connectivity index (χ2n) is 2.74. The summed E-state index contributed by atoms with van der Waals surface area (Å²) in [7, 11) is 0. The molecule has 0 heterocycles. The van der Waals surface area contributed by atoms with Crippen LogP contribution >= 0.6 is 0 Å². The minimum atomic E-state index is 0.874. The van der Waals surface area contributed by atoms with Gasteiger partial charge in [-0.25, -0.2) is 0 Å². The van der Waals surface area contributed by atoms with Crippen molar-refractivity contribution in [2.24, 2.45) is 0 Å². The first kappa shape index (κ1) is 10.5. The minimum Gasteiger partial charge on any atom is -0.502 e. The van der Waals surface area contributed by atoms with Gasteiger partial charge < -0.3 is 4.74 Å². The van der Waals surface area contributed by atoms with E-state index in [1.807, 2.05) is 6.26 Å². The molecular weight excluding hydrogens is 136 g/mol. The van der Waals surface area contributed by atoms with Crippen LogP contribution in [0, 0.1) is 0 Å². The lowest BCUT2D eigenvalue weighted by Gasteiger charge is -1.96. The highest BCUT2D eigenvalue weighted by atomic mass is 16.5. The molecule has 0 N–H and O–H groups in total. The number of allylic oxidation sites excluding steroid dienone is 1. The molecule has 0 saturated carbocycles. The van der Waals surface area contributed by atoms with Crippen LogP contribution in [-0.4, -0.2) is 6.61 Å². The smallest absolute Gasteiger partial charge is 0.0873 e. The Balaban J connectivity index is 2.91. The third-order valence-corrected chi connectivity index (χ3v) is 1.53. The molecule has 0 aromatic rings. The molecule has 0 aliphatic carbocycles. The zero-order valence-corrected chi connectivity index (χ0v) is 7.81. The Kier molecular flexibility index (Phi) is 9.14. The van der Waals surface area contributed by atoms with Gasteiger partial charge in [0.15, 0.2) is 0 Å². The first-order valence-electron chi connectivity index (χ1n) is 4.68. The van der Waals surface area contributed by atoms with E-state index < -0.39 is 0 Å². The van der Waals surface area contributed by atoms with E-state index in [-0.39, 0.29) is 0 Å². The number of hydrogen-bond acceptors (Lipinski definition) is 1. The molecule has 0 aromatic heterocycles. The molecular formula is C10H20O. The van der Waals surface area contributed by atoms with Gasteiger partial charge in [0.25, 0.3) is 0 Å². The summed E-state index contributed by atoms with van der Waals surface area (Å²) < 4.78 is 5.24. The molecule has 1 heteroatoms. The topological polar surface area (TPSA) is 9.23 Å². The quantitative estimate of drug-likeness (QED) is 0.405. The SMILES string of the molecule is CCCC/C=C\OCCCC. The second kappa shape index (κ2) is 9.54. The maximum atomic E-state index is 5.24. The first-order valence-corrected chi connectivity index (χ1v) is 4.68. The predicted octanol–water partition coefficient (Wildman–Crippen LogP) is 3.51. The van der Waals surface area contributed by atoms with Gasteiger partial charge >= 0.3 is 0 Å². The summed E-state index contributed by atoms with van der Waals surface area (Å²) >= 11 is 0. The maximum absolute atomic E-state index is 5.24. The monoisotopic (exact) mass is 156 g/mol. The van der Waals surface area contributed by atoms with E-state index in [1.165, 1.54) is 19.3 Å². The van der Waals surface area contributed by atoms with Crippen molar-refractivity contribution in [2.75, 3.05) is 6.61 Å². The fourth-order valence-electron chi connectivity index (χ4n) is 0.754. The molecule has 0 spiro atoms. The molecule has 0 amide bonds. The van der Waals surface area contributed by atoms with Crippen LogP contribution in [0.1, 0.15) is 46.0 Å². The molecule has 0 radical (unpaired) electrons. The van der Waals surface area contributed by atoms with Crippen molar-refractivity contribution < 1.29 is 4.74 Å². The summed E-state index contributed by atoms with van der Waals surface area (Å²) in [4.78, 5) is 0. The fraction of sp³-hybridized carbons (Fsp3) is 0.800. The number of rotatable bonds is 7. The zero-order chi connectivity index (χ0) is 8.36. The first-order chi connectivity index (χ1) is 5.41. The molecule has 0 atom stereocenters. The van der Waals surface area contributed by atoms with Crippen molar-refractivity contribution in [2.45, 2.75) is 46.0 Å². The van der Waals surface area contributed by atoms with Crippen molar-refractivity contribution in [1.29, 1.82) is 0 Å². The van der Waals surface area contributed by atoms with Gasteiger partial charge in [-0.15, -0.1) is 0 Å². The molecule has 0 aliphatic rings. The summed E-state index contributed by atoms with van der Waals surface area (Å²) in [5.74, 6) is 0. The Morgan fingerprint density at radius 1 is 1.09 bits per heavy atom. The van der Waals surface area contributed by atoms with Crippen molar-refractivity contribution in [3.8, 4) is 0 Å². The third-order valence-electron chi connectivity index (χ3n) is 1.53. The van der Waals surface area contributed by atoms with Crippen molar-refractivity contribution in [3.63, 3.8) is 0 Å². The van der Waals surface area contributed by atoms with Crippen molar-refractivity contribution in [1.82, 2.24) is 0 Å². The van der Waals surface area contributed by atoms with E-state index in [9.17, 15) is 0 Å². The Bertz CT molecular complexity index is 86.9. The molecule has 0 fully saturated rings. The summed E-state index contributed by atoms with van der Waals surface area (Å²) in [6, 6.07) is 0. The van der Waals surface area contributed by atoms with Crippen LogP contribution in [0.4, 0.5) is 0 Å². The van der Waals surface area contributed by atoms with E-state index in [2.05, 4.69) is 19.9 Å². The lowest BCUT2D eigenvalue weighted by atomic mass is 10.2. The normalized spacial score (nSPS) is 10.7. The second-order valence-corrected chi connectivity index (χ2v) is 2.74. The Morgan fingerprint density at radius 3 is 2.45 bits per heavy atom. The van der Waals surface area contributed by atoms with E-state index in [0.29, 0.717) is 0 Å². The highest BCUT2D eigenvalue weighted by molar-refractivity contribution is 4.72. The molecule has 0 unspecified atom stereocenters. The molecule has 0 rings (SSSR count). The summed E-state index contributed by atoms with van der Waals surface area (Å²) in [6.45, 7) is 5.25. The van der Waals surface area contributed by atoms with E-state index in [1.54, 1.807) is 0 Å². The van der Waals surface area contributed by atoms with Crippen molar-refractivity contribution in [3.05, 3.63) is 12.3 Å². The van der Waals surface area contributed by atoms with Crippen molar-refractivity contribution >= 4 is 0 Å². The predicted molar refractivity (Wildman–Crippen MR) is 49.5 cm³/mol. The number of ether oxygens (including phenoxy) is 1. The molecule has 0 saturated heterocycles. The fourth-order valence-corrected chi connectivity index (χ4v) is 0.754. The average Bonchev–Trinajstić information content (AvgIpc) is 2.03. The van der Waals surface area contributed by atoms with Crippen LogP contribution in [0.3, 0.4) is 0 Å². The zero-order valence-electron chi connectivity index (χ0n) is 7.81. The highest BCUT2D eigenvalue weighted by Crippen LogP contribution is 1.95. The highest BCUT2D eigenvalue weighted by Gasteiger charge is 1.80. The maximum Gasteiger partial charge on any atom is 0.0873 e. The Hall–Kier alpha value is -0.460. The van der Waals surface area contributed by atoms with Gasteiger partial charge in [-0.2, -0.15) is 0 Å². The minimum absolute atomic E-state index is 0.874. The van der Waals surface area contributed by atoms with Crippen LogP contribution in [0.15, 0.2) is 12.3 Å². The van der Waals surface area contributed by atoms with E-state index in [0.717, 1.165) is 19.4 Å². The standard InChI is InChI=1S/C10H20O/c1-3-5-7-8-10-11-9-6-4-2/h8,10H,3-7,9H2,1-2H3/b10-8-. The van der Waals surface area contributed by atoms with Crippen LogP contribution in [0.2, 0.25) is 0 Å². The van der Waals surface area contributed by atoms with E-state index >= 15 is 0 Å². The third kappa shape index (κ3) is 9.54. The van der Waals surface area contributed by atoms with Gasteiger partial charge in [0, 0.05) is 0 Å². The van der Waals surface area contributed by atoms with Gasteiger partial charge in [0.2, 0.25) is 0 Å². The molecule has 0 bridgehead atoms. The lowest BCUT2D eigenvalue weighted by Crippen LogP contribution is -1.84. The van der Waals surface area contributed by atoms with Crippen LogP contribution in [0.25, 0.3) is 0 Å². The summed E-state index contributed by atoms with van der Waals surface area (Å²) in [5, 5.41) is 0. The Labute approximate surface area is 70.4 Å². The van der Waals surface area contributed by atoms with Gasteiger partial charge in [-0.1, -0.05) is 26.7 Å². The van der Waals surface area contributed by atoms with Gasteiger partial charge in [0.1, 0.15) is 0 Å². The average molecular weight is 156 g/mol. The molecule has 66 valence electrons. The lowest BCUT2D eigenvalue weighted by molar-refractivity contribution is 0.242. The van der Waals surface area contributed by atoms with Gasteiger partial charge in [-0.3, -0.25) is 0 Å². The number of hydrogen-bond donors (Lipinski definition) is 0. The molecule has 0 aliphatic heterocycles. The van der Waals surface area contributed by atoms with Gasteiger partial charge in [0.05, 0.1) is 12.9 Å². The molecule has 0 aromatic carbocycles. The van der Waals surface area contributed by atoms with Crippen LogP contribution in [0.5, 0.6) is 0 Å². The number of unbranched alkanes of at least 4 members (excludes halogenated alkanes) is 3. The van der Waals surface area contributed by atoms with Crippen LogP contribution < -0.4 is 0 Å². The Morgan fingerprint density at radius 2 is 1.82 bits per heavy atom. The summed E-state index contributed by atoms with van der Waals surface area (Å²) in [6.07, 6.45) is 10.0. The van der Waals surface area contributed by atoms with Gasteiger partial charge in [-0.05, 0) is 25.3 Å². The van der Waals surface area contributed by atoms with Crippen LogP contribution in [-0.2, 0) is 4.74 Å². The summed E-state index contributed by atoms with van der Waals surface area (Å²) in [5.41, 5.74) is 0. The van der Waals surface area contributed by atoms with E-state index in [4.69, 9.17) is 4.74 Å². The largest absolute Gasteiger partial charge is 0.502 e. The molecule has 1 nitrogen and oxygen atoms in total.